The first-order valence-electron chi connectivity index (χ1n) is 6.24. The summed E-state index contributed by atoms with van der Waals surface area (Å²) in [6.45, 7) is 5.40. The minimum Gasteiger partial charge on any atom is -0.394 e. The molecule has 1 aromatic carbocycles. The van der Waals surface area contributed by atoms with E-state index in [1.54, 1.807) is 0 Å². The van der Waals surface area contributed by atoms with Crippen LogP contribution in [0.3, 0.4) is 0 Å². The Kier molecular flexibility index (Phi) is 6.63. The summed E-state index contributed by atoms with van der Waals surface area (Å²) >= 11 is 1.85. The van der Waals surface area contributed by atoms with Crippen molar-refractivity contribution in [2.45, 2.75) is 37.1 Å². The van der Waals surface area contributed by atoms with Gasteiger partial charge < -0.3 is 10.4 Å². The van der Waals surface area contributed by atoms with Crippen LogP contribution in [0.2, 0.25) is 0 Å². The van der Waals surface area contributed by atoms with Crippen LogP contribution >= 0.6 is 11.8 Å². The summed E-state index contributed by atoms with van der Waals surface area (Å²) in [6, 6.07) is 10.4. The Balaban J connectivity index is 2.32. The van der Waals surface area contributed by atoms with Crippen molar-refractivity contribution in [2.24, 2.45) is 0 Å². The molecule has 0 saturated carbocycles. The highest BCUT2D eigenvalue weighted by atomic mass is 32.2. The normalized spacial score (nSPS) is 14.5. The zero-order valence-corrected chi connectivity index (χ0v) is 11.6. The van der Waals surface area contributed by atoms with Gasteiger partial charge in [-0.1, -0.05) is 25.1 Å². The van der Waals surface area contributed by atoms with Crippen LogP contribution in [0.25, 0.3) is 0 Å². The van der Waals surface area contributed by atoms with Gasteiger partial charge in [0.25, 0.3) is 0 Å². The van der Waals surface area contributed by atoms with Gasteiger partial charge >= 0.3 is 0 Å². The Bertz CT molecular complexity index is 304. The van der Waals surface area contributed by atoms with E-state index >= 15 is 0 Å². The van der Waals surface area contributed by atoms with Gasteiger partial charge in [0.1, 0.15) is 0 Å². The molecule has 0 aliphatic rings. The minimum absolute atomic E-state index is 0.141. The molecule has 0 aromatic heterocycles. The maximum atomic E-state index is 9.44. The van der Waals surface area contributed by atoms with Crippen molar-refractivity contribution in [1.29, 1.82) is 0 Å². The first-order chi connectivity index (χ1) is 8.20. The van der Waals surface area contributed by atoms with Crippen LogP contribution in [-0.4, -0.2) is 29.5 Å². The summed E-state index contributed by atoms with van der Waals surface area (Å²) in [5.41, 5.74) is -0.141. The van der Waals surface area contributed by atoms with Crippen LogP contribution in [-0.2, 0) is 0 Å². The molecule has 2 nitrogen and oxygen atoms in total. The molecule has 0 saturated heterocycles. The molecule has 0 aliphatic carbocycles. The highest BCUT2D eigenvalue weighted by Crippen LogP contribution is 2.21. The molecular weight excluding hydrogens is 230 g/mol. The van der Waals surface area contributed by atoms with Gasteiger partial charge in [0, 0.05) is 10.4 Å². The van der Waals surface area contributed by atoms with Crippen molar-refractivity contribution in [3.63, 3.8) is 0 Å². The zero-order chi connectivity index (χ0) is 12.6. The summed E-state index contributed by atoms with van der Waals surface area (Å²) in [5, 5.41) is 12.9. The van der Waals surface area contributed by atoms with Crippen LogP contribution in [0.4, 0.5) is 0 Å². The van der Waals surface area contributed by atoms with Crippen LogP contribution in [0.5, 0.6) is 0 Å². The van der Waals surface area contributed by atoms with E-state index in [1.807, 2.05) is 17.8 Å². The molecule has 0 radical (unpaired) electrons. The Morgan fingerprint density at radius 2 is 2.00 bits per heavy atom. The first-order valence-corrected chi connectivity index (χ1v) is 7.22. The number of hydrogen-bond donors (Lipinski definition) is 2. The third-order valence-electron chi connectivity index (χ3n) is 2.82. The SMILES string of the molecule is CCCNC(C)(CO)CCSc1ccccc1. The van der Waals surface area contributed by atoms with Crippen molar-refractivity contribution in [2.75, 3.05) is 18.9 Å². The molecule has 17 heavy (non-hydrogen) atoms. The fourth-order valence-electron chi connectivity index (χ4n) is 1.56. The Labute approximate surface area is 109 Å². The molecular formula is C14H23NOS. The molecule has 3 heteroatoms. The first kappa shape index (κ1) is 14.6. The van der Waals surface area contributed by atoms with E-state index in [0.29, 0.717) is 0 Å². The molecule has 0 aliphatic heterocycles. The summed E-state index contributed by atoms with van der Waals surface area (Å²) in [5.74, 6) is 1.03. The van der Waals surface area contributed by atoms with Crippen LogP contribution in [0.1, 0.15) is 26.7 Å². The fraction of sp³-hybridized carbons (Fsp3) is 0.571. The highest BCUT2D eigenvalue weighted by Gasteiger charge is 2.21. The Hall–Kier alpha value is -0.510. The maximum Gasteiger partial charge on any atom is 0.0610 e. The second-order valence-corrected chi connectivity index (χ2v) is 5.73. The molecule has 0 fully saturated rings. The van der Waals surface area contributed by atoms with E-state index < -0.39 is 0 Å². The van der Waals surface area contributed by atoms with Gasteiger partial charge in [-0.25, -0.2) is 0 Å². The number of thioether (sulfide) groups is 1. The van der Waals surface area contributed by atoms with Crippen LogP contribution < -0.4 is 5.32 Å². The molecule has 0 bridgehead atoms. The highest BCUT2D eigenvalue weighted by molar-refractivity contribution is 7.99. The van der Waals surface area contributed by atoms with E-state index in [0.717, 1.165) is 25.1 Å². The molecule has 1 aromatic rings. The lowest BCUT2D eigenvalue weighted by atomic mass is 10.0. The lowest BCUT2D eigenvalue weighted by Crippen LogP contribution is -2.46. The van der Waals surface area contributed by atoms with Gasteiger partial charge in [-0.2, -0.15) is 0 Å². The van der Waals surface area contributed by atoms with Crippen molar-refractivity contribution < 1.29 is 5.11 Å². The molecule has 96 valence electrons. The van der Waals surface area contributed by atoms with Gasteiger partial charge in [-0.15, -0.1) is 11.8 Å². The van der Waals surface area contributed by atoms with Gasteiger partial charge in [-0.05, 0) is 44.2 Å². The average molecular weight is 253 g/mol. The molecule has 1 atom stereocenters. The summed E-state index contributed by atoms with van der Waals surface area (Å²) in [4.78, 5) is 1.29. The predicted octanol–water partition coefficient (Wildman–Crippen LogP) is 2.92. The van der Waals surface area contributed by atoms with E-state index in [4.69, 9.17) is 0 Å². The van der Waals surface area contributed by atoms with Gasteiger partial charge in [0.15, 0.2) is 0 Å². The number of hydrogen-bond acceptors (Lipinski definition) is 3. The standard InChI is InChI=1S/C14H23NOS/c1-3-10-15-14(2,12-16)9-11-17-13-7-5-4-6-8-13/h4-8,15-16H,3,9-12H2,1-2H3. The third kappa shape index (κ3) is 5.57. The van der Waals surface area contributed by atoms with E-state index in [2.05, 4.69) is 43.4 Å². The van der Waals surface area contributed by atoms with Crippen molar-refractivity contribution in [1.82, 2.24) is 5.32 Å². The number of nitrogens with one attached hydrogen (secondary N) is 1. The number of aliphatic hydroxyl groups excluding tert-OH is 1. The largest absolute Gasteiger partial charge is 0.394 e. The quantitative estimate of drug-likeness (QED) is 0.699. The van der Waals surface area contributed by atoms with Crippen molar-refractivity contribution in [3.05, 3.63) is 30.3 Å². The molecule has 1 unspecified atom stereocenters. The topological polar surface area (TPSA) is 32.3 Å². The maximum absolute atomic E-state index is 9.44. The monoisotopic (exact) mass is 253 g/mol. The van der Waals surface area contributed by atoms with Crippen LogP contribution in [0, 0.1) is 0 Å². The van der Waals surface area contributed by atoms with Gasteiger partial charge in [-0.3, -0.25) is 0 Å². The summed E-state index contributed by atoms with van der Waals surface area (Å²) in [7, 11) is 0. The van der Waals surface area contributed by atoms with Crippen LogP contribution in [0.15, 0.2) is 35.2 Å². The predicted molar refractivity (Wildman–Crippen MR) is 75.6 cm³/mol. The lowest BCUT2D eigenvalue weighted by molar-refractivity contribution is 0.171. The third-order valence-corrected chi connectivity index (χ3v) is 3.83. The zero-order valence-electron chi connectivity index (χ0n) is 10.8. The van der Waals surface area contributed by atoms with E-state index in [9.17, 15) is 5.11 Å². The van der Waals surface area contributed by atoms with Crippen molar-refractivity contribution in [3.8, 4) is 0 Å². The smallest absolute Gasteiger partial charge is 0.0610 e. The Morgan fingerprint density at radius 1 is 1.29 bits per heavy atom. The average Bonchev–Trinajstić information content (AvgIpc) is 2.38. The molecule has 0 amide bonds. The molecule has 2 N–H and O–H groups in total. The second kappa shape index (κ2) is 7.75. The van der Waals surface area contributed by atoms with Crippen molar-refractivity contribution >= 4 is 11.8 Å². The molecule has 1 rings (SSSR count). The number of rotatable bonds is 8. The summed E-state index contributed by atoms with van der Waals surface area (Å²) in [6.07, 6.45) is 2.07. The Morgan fingerprint density at radius 3 is 2.59 bits per heavy atom. The fourth-order valence-corrected chi connectivity index (χ4v) is 2.70. The number of benzene rings is 1. The summed E-state index contributed by atoms with van der Waals surface area (Å²) < 4.78 is 0. The van der Waals surface area contributed by atoms with Gasteiger partial charge in [0.05, 0.1) is 6.61 Å². The molecule has 0 spiro atoms. The lowest BCUT2D eigenvalue weighted by Gasteiger charge is -2.28. The second-order valence-electron chi connectivity index (χ2n) is 4.56. The number of aliphatic hydroxyl groups is 1. The van der Waals surface area contributed by atoms with E-state index in [-0.39, 0.29) is 12.1 Å². The van der Waals surface area contributed by atoms with E-state index in [1.165, 1.54) is 4.90 Å². The minimum atomic E-state index is -0.141. The molecule has 0 heterocycles. The van der Waals surface area contributed by atoms with Gasteiger partial charge in [0.2, 0.25) is 0 Å².